The molecule has 0 radical (unpaired) electrons. The number of hydrogen-bond acceptors (Lipinski definition) is 3. The van der Waals surface area contributed by atoms with Gasteiger partial charge in [-0.15, -0.1) is 0 Å². The molecule has 20 heavy (non-hydrogen) atoms. The molecule has 0 aromatic carbocycles. The van der Waals surface area contributed by atoms with Crippen molar-refractivity contribution in [2.45, 2.75) is 18.9 Å². The molecule has 0 aliphatic carbocycles. The first kappa shape index (κ1) is 13.2. The van der Waals surface area contributed by atoms with Crippen molar-refractivity contribution >= 4 is 21.8 Å². The van der Waals surface area contributed by atoms with Crippen LogP contribution < -0.4 is 0 Å². The zero-order valence-electron chi connectivity index (χ0n) is 10.9. The van der Waals surface area contributed by atoms with E-state index in [4.69, 9.17) is 0 Å². The standard InChI is InChI=1S/C15H14BrN3O/c16-12-5-6-13(18-10-12)15(20)19-8-2-4-14(19)11-3-1-7-17-9-11/h1,3,5-7,9-10,14H,2,4,8H2. The van der Waals surface area contributed by atoms with Gasteiger partial charge in [-0.1, -0.05) is 6.07 Å². The van der Waals surface area contributed by atoms with E-state index in [-0.39, 0.29) is 11.9 Å². The van der Waals surface area contributed by atoms with Gasteiger partial charge in [0.25, 0.3) is 5.91 Å². The molecule has 102 valence electrons. The average Bonchev–Trinajstić information content (AvgIpc) is 2.97. The summed E-state index contributed by atoms with van der Waals surface area (Å²) in [6, 6.07) is 7.65. The molecule has 5 heteroatoms. The quantitative estimate of drug-likeness (QED) is 0.848. The van der Waals surface area contributed by atoms with Gasteiger partial charge < -0.3 is 4.90 Å². The third-order valence-corrected chi connectivity index (χ3v) is 4.00. The van der Waals surface area contributed by atoms with Crippen LogP contribution in [0.3, 0.4) is 0 Å². The van der Waals surface area contributed by atoms with Crippen molar-refractivity contribution in [3.05, 3.63) is 58.6 Å². The predicted octanol–water partition coefficient (Wildman–Crippen LogP) is 3.22. The van der Waals surface area contributed by atoms with Crippen molar-refractivity contribution in [1.29, 1.82) is 0 Å². The number of halogens is 1. The molecule has 1 atom stereocenters. The van der Waals surface area contributed by atoms with Gasteiger partial charge in [0.1, 0.15) is 5.69 Å². The van der Waals surface area contributed by atoms with Gasteiger partial charge in [0.15, 0.2) is 0 Å². The first-order valence-electron chi connectivity index (χ1n) is 6.58. The molecule has 0 bridgehead atoms. The van der Waals surface area contributed by atoms with Crippen molar-refractivity contribution < 1.29 is 4.79 Å². The molecular weight excluding hydrogens is 318 g/mol. The Morgan fingerprint density at radius 1 is 1.30 bits per heavy atom. The number of amides is 1. The van der Waals surface area contributed by atoms with Crippen LogP contribution in [0.2, 0.25) is 0 Å². The Bertz CT molecular complexity index is 600. The van der Waals surface area contributed by atoms with Gasteiger partial charge in [0.2, 0.25) is 0 Å². The Kier molecular flexibility index (Phi) is 3.78. The van der Waals surface area contributed by atoms with Crippen molar-refractivity contribution in [3.8, 4) is 0 Å². The summed E-state index contributed by atoms with van der Waals surface area (Å²) in [7, 11) is 0. The maximum Gasteiger partial charge on any atom is 0.272 e. The number of carbonyl (C=O) groups is 1. The van der Waals surface area contributed by atoms with Gasteiger partial charge in [0.05, 0.1) is 6.04 Å². The van der Waals surface area contributed by atoms with Gasteiger partial charge in [0, 0.05) is 29.6 Å². The maximum absolute atomic E-state index is 12.6. The lowest BCUT2D eigenvalue weighted by molar-refractivity contribution is 0.0729. The molecule has 2 aromatic heterocycles. The van der Waals surface area contributed by atoms with E-state index < -0.39 is 0 Å². The Balaban J connectivity index is 1.85. The summed E-state index contributed by atoms with van der Waals surface area (Å²) in [5.41, 5.74) is 1.58. The Labute approximate surface area is 126 Å². The van der Waals surface area contributed by atoms with Crippen molar-refractivity contribution in [2.75, 3.05) is 6.54 Å². The molecule has 1 aliphatic heterocycles. The molecule has 3 rings (SSSR count). The summed E-state index contributed by atoms with van der Waals surface area (Å²) in [5.74, 6) is -0.0103. The van der Waals surface area contributed by atoms with Crippen LogP contribution in [-0.4, -0.2) is 27.3 Å². The Morgan fingerprint density at radius 2 is 2.20 bits per heavy atom. The Hall–Kier alpha value is -1.75. The second-order valence-electron chi connectivity index (χ2n) is 4.80. The number of carbonyl (C=O) groups excluding carboxylic acids is 1. The van der Waals surface area contributed by atoms with Crippen LogP contribution in [0.1, 0.15) is 34.9 Å². The number of rotatable bonds is 2. The van der Waals surface area contributed by atoms with E-state index in [1.807, 2.05) is 29.3 Å². The fourth-order valence-electron chi connectivity index (χ4n) is 2.58. The summed E-state index contributed by atoms with van der Waals surface area (Å²) in [6.07, 6.45) is 7.24. The number of nitrogens with zero attached hydrogens (tertiary/aromatic N) is 3. The molecule has 1 amide bonds. The van der Waals surface area contributed by atoms with Gasteiger partial charge in [-0.3, -0.25) is 9.78 Å². The summed E-state index contributed by atoms with van der Waals surface area (Å²) < 4.78 is 0.874. The van der Waals surface area contributed by atoms with Gasteiger partial charge >= 0.3 is 0 Å². The molecule has 1 fully saturated rings. The lowest BCUT2D eigenvalue weighted by Crippen LogP contribution is -2.31. The number of pyridine rings is 2. The van der Waals surface area contributed by atoms with Crippen molar-refractivity contribution in [2.24, 2.45) is 0 Å². The highest BCUT2D eigenvalue weighted by molar-refractivity contribution is 9.10. The molecule has 3 heterocycles. The molecule has 1 saturated heterocycles. The molecule has 1 unspecified atom stereocenters. The van der Waals surface area contributed by atoms with Gasteiger partial charge in [-0.25, -0.2) is 4.98 Å². The third-order valence-electron chi connectivity index (χ3n) is 3.53. The summed E-state index contributed by atoms with van der Waals surface area (Å²) in [6.45, 7) is 0.774. The molecule has 0 N–H and O–H groups in total. The van der Waals surface area contributed by atoms with Gasteiger partial charge in [-0.05, 0) is 52.5 Å². The van der Waals surface area contributed by atoms with Crippen molar-refractivity contribution in [3.63, 3.8) is 0 Å². The zero-order chi connectivity index (χ0) is 13.9. The average molecular weight is 332 g/mol. The monoisotopic (exact) mass is 331 g/mol. The lowest BCUT2D eigenvalue weighted by atomic mass is 10.1. The van der Waals surface area contributed by atoms with E-state index in [0.717, 1.165) is 29.4 Å². The second kappa shape index (κ2) is 5.71. The SMILES string of the molecule is O=C(c1ccc(Br)cn1)N1CCCC1c1cccnc1. The first-order chi connectivity index (χ1) is 9.75. The number of likely N-dealkylation sites (tertiary alicyclic amines) is 1. The summed E-state index contributed by atoms with van der Waals surface area (Å²) in [5, 5.41) is 0. The van der Waals surface area contributed by atoms with Crippen LogP contribution in [0.15, 0.2) is 47.3 Å². The summed E-state index contributed by atoms with van der Waals surface area (Å²) in [4.78, 5) is 22.8. The molecule has 1 aliphatic rings. The largest absolute Gasteiger partial charge is 0.330 e. The smallest absolute Gasteiger partial charge is 0.272 e. The predicted molar refractivity (Wildman–Crippen MR) is 79.2 cm³/mol. The maximum atomic E-state index is 12.6. The fourth-order valence-corrected chi connectivity index (χ4v) is 2.81. The van der Waals surface area contributed by atoms with Gasteiger partial charge in [-0.2, -0.15) is 0 Å². The van der Waals surface area contributed by atoms with Crippen LogP contribution in [0, 0.1) is 0 Å². The molecule has 0 spiro atoms. The van der Waals surface area contributed by atoms with E-state index in [1.54, 1.807) is 18.5 Å². The second-order valence-corrected chi connectivity index (χ2v) is 5.72. The van der Waals surface area contributed by atoms with Crippen molar-refractivity contribution in [1.82, 2.24) is 14.9 Å². The third kappa shape index (κ3) is 2.58. The van der Waals surface area contributed by atoms with E-state index in [0.29, 0.717) is 5.69 Å². The van der Waals surface area contributed by atoms with E-state index in [2.05, 4.69) is 25.9 Å². The minimum absolute atomic E-state index is 0.0103. The highest BCUT2D eigenvalue weighted by Gasteiger charge is 2.31. The van der Waals surface area contributed by atoms with E-state index in [1.165, 1.54) is 0 Å². The molecule has 0 saturated carbocycles. The van der Waals surface area contributed by atoms with Crippen LogP contribution in [0.5, 0.6) is 0 Å². The van der Waals surface area contributed by atoms with E-state index in [9.17, 15) is 4.79 Å². The summed E-state index contributed by atoms with van der Waals surface area (Å²) >= 11 is 3.33. The minimum atomic E-state index is -0.0103. The highest BCUT2D eigenvalue weighted by atomic mass is 79.9. The number of hydrogen-bond donors (Lipinski definition) is 0. The number of aromatic nitrogens is 2. The van der Waals surface area contributed by atoms with Crippen LogP contribution >= 0.6 is 15.9 Å². The highest BCUT2D eigenvalue weighted by Crippen LogP contribution is 2.32. The fraction of sp³-hybridized carbons (Fsp3) is 0.267. The zero-order valence-corrected chi connectivity index (χ0v) is 12.5. The minimum Gasteiger partial charge on any atom is -0.330 e. The van der Waals surface area contributed by atoms with E-state index >= 15 is 0 Å². The van der Waals surface area contributed by atoms with Crippen LogP contribution in [0.4, 0.5) is 0 Å². The topological polar surface area (TPSA) is 46.1 Å². The Morgan fingerprint density at radius 3 is 2.90 bits per heavy atom. The van der Waals surface area contributed by atoms with Crippen LogP contribution in [0.25, 0.3) is 0 Å². The lowest BCUT2D eigenvalue weighted by Gasteiger charge is -2.24. The molecule has 4 nitrogen and oxygen atoms in total. The van der Waals surface area contributed by atoms with Crippen LogP contribution in [-0.2, 0) is 0 Å². The normalized spacial score (nSPS) is 18.2. The molecular formula is C15H14BrN3O. The first-order valence-corrected chi connectivity index (χ1v) is 7.37. The molecule has 2 aromatic rings.